The van der Waals surface area contributed by atoms with Crippen molar-refractivity contribution in [3.05, 3.63) is 134 Å². The Hall–Kier alpha value is -3.78. The van der Waals surface area contributed by atoms with Crippen LogP contribution in [0.1, 0.15) is 123 Å². The van der Waals surface area contributed by atoms with Gasteiger partial charge in [-0.25, -0.2) is 9.13 Å². The highest BCUT2D eigenvalue weighted by atomic mass is 31.2. The van der Waals surface area contributed by atoms with Gasteiger partial charge in [-0.3, -0.25) is 23.2 Å². The first-order valence-corrected chi connectivity index (χ1v) is 26.0. The smallest absolute Gasteiger partial charge is 0.462 e. The third kappa shape index (κ3) is 46.7. The van der Waals surface area contributed by atoms with E-state index in [9.17, 15) is 33.8 Å². The molecule has 16 heteroatoms. The van der Waals surface area contributed by atoms with Gasteiger partial charge in [-0.15, -0.1) is 0 Å². The molecule has 0 aromatic rings. The van der Waals surface area contributed by atoms with Crippen LogP contribution in [0.2, 0.25) is 0 Å². The van der Waals surface area contributed by atoms with Crippen LogP contribution in [-0.2, 0) is 41.8 Å². The van der Waals surface area contributed by atoms with E-state index in [4.69, 9.17) is 23.8 Å². The number of hydrogen-bond donors (Lipinski definition) is 5. The zero-order valence-corrected chi connectivity index (χ0v) is 40.9. The van der Waals surface area contributed by atoms with Crippen molar-refractivity contribution in [3.63, 3.8) is 0 Å². The van der Waals surface area contributed by atoms with E-state index in [-0.39, 0.29) is 19.3 Å². The molecule has 0 saturated heterocycles. The van der Waals surface area contributed by atoms with Gasteiger partial charge in [-0.05, 0) is 89.9 Å². The third-order valence-electron chi connectivity index (χ3n) is 8.62. The fraction of sp³-hybridized carbons (Fsp3) is 0.520. The van der Waals surface area contributed by atoms with Gasteiger partial charge in [0.05, 0.1) is 25.9 Å². The van der Waals surface area contributed by atoms with Crippen LogP contribution in [0, 0.1) is 0 Å². The standard InChI is InChI=1S/C50H78O14P2/c1-3-5-7-9-11-13-15-17-18-19-20-21-22-24-26-28-30-32-36-40-49(53)60-44-48(45-63-66(58,59)62-43-47(52)42-61-65(55,56)57)64-50(54)41-37-33-35-39-46(51)38-34-31-29-27-25-23-16-14-12-10-8-6-4-2/h5-8,11-14,17-18,20-21,23-26,29,31,33-35,38,46-48,51-52H,3-4,9-10,15-16,19,22,27-28,30,32,36-37,39-45H2,1-2H3,(H,58,59)(H2,55,56,57)/b7-5-,8-6-,13-11-,14-12-,18-17-,21-20-,25-23-,26-24-,31-29-,35-33-,38-34-/t46?,47-,48+/m0/s1. The normalized spacial score (nSPS) is 15.6. The van der Waals surface area contributed by atoms with Crippen molar-refractivity contribution in [2.45, 2.75) is 141 Å². The van der Waals surface area contributed by atoms with E-state index in [1.54, 1.807) is 24.3 Å². The average Bonchev–Trinajstić information content (AvgIpc) is 3.27. The van der Waals surface area contributed by atoms with Crippen molar-refractivity contribution in [2.24, 2.45) is 0 Å². The van der Waals surface area contributed by atoms with Gasteiger partial charge in [-0.1, -0.05) is 154 Å². The summed E-state index contributed by atoms with van der Waals surface area (Å²) in [6, 6.07) is 0. The Morgan fingerprint density at radius 3 is 1.53 bits per heavy atom. The van der Waals surface area contributed by atoms with E-state index in [0.717, 1.165) is 77.0 Å². The van der Waals surface area contributed by atoms with Crippen molar-refractivity contribution in [2.75, 3.05) is 26.4 Å². The Morgan fingerprint density at radius 1 is 0.500 bits per heavy atom. The number of aliphatic hydroxyl groups excluding tert-OH is 2. The van der Waals surface area contributed by atoms with Crippen LogP contribution in [0.25, 0.3) is 0 Å². The molecule has 0 amide bonds. The Balaban J connectivity index is 4.78. The summed E-state index contributed by atoms with van der Waals surface area (Å²) in [6.45, 7) is 1.27. The fourth-order valence-electron chi connectivity index (χ4n) is 5.19. The number of carbonyl (C=O) groups excluding carboxylic acids is 2. The maximum Gasteiger partial charge on any atom is 0.472 e. The van der Waals surface area contributed by atoms with Crippen LogP contribution in [-0.4, -0.2) is 81.6 Å². The van der Waals surface area contributed by atoms with Crippen LogP contribution in [0.3, 0.4) is 0 Å². The summed E-state index contributed by atoms with van der Waals surface area (Å²) >= 11 is 0. The molecular weight excluding hydrogens is 886 g/mol. The summed E-state index contributed by atoms with van der Waals surface area (Å²) in [5, 5.41) is 20.0. The van der Waals surface area contributed by atoms with Gasteiger partial charge < -0.3 is 34.4 Å². The van der Waals surface area contributed by atoms with E-state index in [1.165, 1.54) is 0 Å². The molecule has 2 unspecified atom stereocenters. The number of esters is 2. The molecule has 0 radical (unpaired) electrons. The minimum atomic E-state index is -4.90. The molecule has 0 aliphatic rings. The quantitative estimate of drug-likeness (QED) is 0.0127. The summed E-state index contributed by atoms with van der Waals surface area (Å²) < 4.78 is 47.7. The lowest BCUT2D eigenvalue weighted by molar-refractivity contribution is -0.161. The predicted octanol–water partition coefficient (Wildman–Crippen LogP) is 11.2. The number of aliphatic hydroxyl groups is 2. The Morgan fingerprint density at radius 2 is 0.985 bits per heavy atom. The number of unbranched alkanes of at least 4 members (excludes halogenated alkanes) is 3. The number of carbonyl (C=O) groups is 2. The molecule has 0 aliphatic carbocycles. The van der Waals surface area contributed by atoms with Gasteiger partial charge in [0.25, 0.3) is 0 Å². The Labute approximate surface area is 394 Å². The highest BCUT2D eigenvalue weighted by Crippen LogP contribution is 2.43. The number of phosphoric acid groups is 2. The minimum absolute atomic E-state index is 0.0915. The molecule has 66 heavy (non-hydrogen) atoms. The van der Waals surface area contributed by atoms with Gasteiger partial charge in [-0.2, -0.15) is 0 Å². The number of allylic oxidation sites excluding steroid dienone is 20. The zero-order chi connectivity index (χ0) is 48.8. The van der Waals surface area contributed by atoms with Crippen molar-refractivity contribution in [1.29, 1.82) is 0 Å². The van der Waals surface area contributed by atoms with Crippen LogP contribution in [0.15, 0.2) is 134 Å². The third-order valence-corrected chi connectivity index (χ3v) is 10.1. The molecule has 0 spiro atoms. The number of phosphoric ester groups is 2. The summed E-state index contributed by atoms with van der Waals surface area (Å²) in [5.74, 6) is -1.27. The first-order chi connectivity index (χ1) is 31.8. The summed E-state index contributed by atoms with van der Waals surface area (Å²) in [4.78, 5) is 52.8. The van der Waals surface area contributed by atoms with E-state index in [0.29, 0.717) is 12.8 Å². The second-order valence-electron chi connectivity index (χ2n) is 14.8. The molecule has 372 valence electrons. The zero-order valence-electron chi connectivity index (χ0n) is 39.1. The van der Waals surface area contributed by atoms with Crippen molar-refractivity contribution >= 4 is 27.6 Å². The highest BCUT2D eigenvalue weighted by molar-refractivity contribution is 7.47. The lowest BCUT2D eigenvalue weighted by Gasteiger charge is -2.20. The second-order valence-corrected chi connectivity index (χ2v) is 17.5. The van der Waals surface area contributed by atoms with Crippen LogP contribution >= 0.6 is 15.6 Å². The summed E-state index contributed by atoms with van der Waals surface area (Å²) in [6.07, 6.45) is 53.3. The van der Waals surface area contributed by atoms with E-state index < -0.39 is 72.3 Å². The van der Waals surface area contributed by atoms with Gasteiger partial charge in [0.2, 0.25) is 0 Å². The maximum absolute atomic E-state index is 12.7. The topological polar surface area (TPSA) is 216 Å². The maximum atomic E-state index is 12.7. The van der Waals surface area contributed by atoms with E-state index in [2.05, 4.69) is 120 Å². The largest absolute Gasteiger partial charge is 0.472 e. The lowest BCUT2D eigenvalue weighted by Crippen LogP contribution is -2.29. The predicted molar refractivity (Wildman–Crippen MR) is 263 cm³/mol. The summed E-state index contributed by atoms with van der Waals surface area (Å²) in [5.41, 5.74) is 0. The first-order valence-electron chi connectivity index (χ1n) is 23.0. The Kier molecular flexibility index (Phi) is 41.3. The molecule has 4 atom stereocenters. The van der Waals surface area contributed by atoms with Crippen LogP contribution in [0.4, 0.5) is 0 Å². The molecule has 0 heterocycles. The first kappa shape index (κ1) is 62.2. The molecule has 0 aliphatic heterocycles. The average molecular weight is 965 g/mol. The SMILES string of the molecule is CC/C=C\C/C=C\C/C=C\C/C=C\C=C/C(O)C/C=C\CCC(=O)O[C@H](COC(=O)CCCCC/C=C\C/C=C\C/C=C\C/C=C\C/C=C\CC)COP(=O)(O)OC[C@@H](O)COP(=O)(O)O. The molecule has 14 nitrogen and oxygen atoms in total. The minimum Gasteiger partial charge on any atom is -0.462 e. The van der Waals surface area contributed by atoms with Gasteiger partial charge >= 0.3 is 27.6 Å². The molecule has 0 aromatic carbocycles. The fourth-order valence-corrected chi connectivity index (χ4v) is 6.34. The molecule has 0 rings (SSSR count). The van der Waals surface area contributed by atoms with E-state index >= 15 is 0 Å². The van der Waals surface area contributed by atoms with Crippen LogP contribution in [0.5, 0.6) is 0 Å². The lowest BCUT2D eigenvalue weighted by atomic mass is 10.1. The molecule has 0 fully saturated rings. The molecule has 0 saturated carbocycles. The number of rotatable bonds is 41. The molecule has 5 N–H and O–H groups in total. The van der Waals surface area contributed by atoms with Gasteiger partial charge in [0.1, 0.15) is 12.7 Å². The molecule has 0 bridgehead atoms. The summed E-state index contributed by atoms with van der Waals surface area (Å²) in [7, 11) is -9.77. The second kappa shape index (κ2) is 43.8. The Bertz CT molecular complexity index is 1680. The molecule has 0 aromatic heterocycles. The molecular formula is C50H78O14P2. The van der Waals surface area contributed by atoms with Crippen molar-refractivity contribution < 1.29 is 66.7 Å². The van der Waals surface area contributed by atoms with Crippen molar-refractivity contribution in [1.82, 2.24) is 0 Å². The number of hydrogen-bond acceptors (Lipinski definition) is 11. The number of ether oxygens (including phenoxy) is 2. The van der Waals surface area contributed by atoms with Crippen LogP contribution < -0.4 is 0 Å². The van der Waals surface area contributed by atoms with Gasteiger partial charge in [0.15, 0.2) is 6.10 Å². The van der Waals surface area contributed by atoms with Crippen molar-refractivity contribution in [3.8, 4) is 0 Å². The van der Waals surface area contributed by atoms with Gasteiger partial charge in [0, 0.05) is 12.8 Å². The highest BCUT2D eigenvalue weighted by Gasteiger charge is 2.28. The monoisotopic (exact) mass is 964 g/mol. The van der Waals surface area contributed by atoms with E-state index in [1.807, 2.05) is 12.2 Å².